The molecule has 3 rings (SSSR count). The first-order valence-corrected chi connectivity index (χ1v) is 10.4. The van der Waals surface area contributed by atoms with Gasteiger partial charge in [0.1, 0.15) is 18.1 Å². The molecule has 0 spiro atoms. The summed E-state index contributed by atoms with van der Waals surface area (Å²) in [6.45, 7) is 7.82. The van der Waals surface area contributed by atoms with E-state index < -0.39 is 0 Å². The molecule has 1 heterocycles. The third-order valence-corrected chi connectivity index (χ3v) is 4.84. The summed E-state index contributed by atoms with van der Waals surface area (Å²) in [4.78, 5) is 27.0. The Hall–Kier alpha value is -3.61. The van der Waals surface area contributed by atoms with Gasteiger partial charge in [-0.2, -0.15) is 5.10 Å². The van der Waals surface area contributed by atoms with E-state index in [1.54, 1.807) is 0 Å². The minimum absolute atomic E-state index is 0.167. The van der Waals surface area contributed by atoms with Crippen molar-refractivity contribution in [2.75, 3.05) is 23.4 Å². The smallest absolute Gasteiger partial charge is 0.276 e. The average molecular weight is 421 g/mol. The summed E-state index contributed by atoms with van der Waals surface area (Å²) in [6.07, 6.45) is 0. The number of carbonyl (C=O) groups excluding carboxylic acids is 1. The van der Waals surface area contributed by atoms with Crippen molar-refractivity contribution in [2.45, 2.75) is 33.4 Å². The molecule has 3 aromatic rings. The van der Waals surface area contributed by atoms with Gasteiger partial charge in [0, 0.05) is 30.0 Å². The highest BCUT2D eigenvalue weighted by atomic mass is 16.5. The summed E-state index contributed by atoms with van der Waals surface area (Å²) in [7, 11) is 0. The van der Waals surface area contributed by atoms with E-state index in [4.69, 9.17) is 4.74 Å². The van der Waals surface area contributed by atoms with Crippen molar-refractivity contribution in [2.24, 2.45) is 0 Å². The first kappa shape index (κ1) is 22.1. The van der Waals surface area contributed by atoms with E-state index in [1.165, 1.54) is 16.8 Å². The molecule has 2 aromatic carbocycles. The third-order valence-electron chi connectivity index (χ3n) is 4.84. The zero-order valence-corrected chi connectivity index (χ0v) is 18.1. The molecule has 0 saturated carbocycles. The number of benzene rings is 2. The van der Waals surface area contributed by atoms with Crippen molar-refractivity contribution in [3.63, 3.8) is 0 Å². The van der Waals surface area contributed by atoms with E-state index in [0.29, 0.717) is 17.5 Å². The number of aromatic nitrogens is 2. The van der Waals surface area contributed by atoms with Crippen LogP contribution in [0.25, 0.3) is 0 Å². The number of hydrogen-bond donors (Lipinski definition) is 1. The number of ether oxygens (including phenoxy) is 1. The van der Waals surface area contributed by atoms with Gasteiger partial charge in [-0.25, -0.2) is 4.68 Å². The fourth-order valence-electron chi connectivity index (χ4n) is 3.27. The monoisotopic (exact) mass is 420 g/mol. The van der Waals surface area contributed by atoms with Crippen molar-refractivity contribution < 1.29 is 9.53 Å². The van der Waals surface area contributed by atoms with Crippen molar-refractivity contribution in [3.8, 4) is 5.75 Å². The van der Waals surface area contributed by atoms with Crippen LogP contribution >= 0.6 is 0 Å². The maximum absolute atomic E-state index is 12.6. The Morgan fingerprint density at radius 2 is 1.77 bits per heavy atom. The predicted molar refractivity (Wildman–Crippen MR) is 123 cm³/mol. The van der Waals surface area contributed by atoms with E-state index in [2.05, 4.69) is 36.1 Å². The number of amides is 1. The van der Waals surface area contributed by atoms with Gasteiger partial charge in [0.05, 0.1) is 6.54 Å². The summed E-state index contributed by atoms with van der Waals surface area (Å²) < 4.78 is 6.85. The molecule has 0 aliphatic heterocycles. The third kappa shape index (κ3) is 5.94. The summed E-state index contributed by atoms with van der Waals surface area (Å²) in [6, 6.07) is 20.2. The van der Waals surface area contributed by atoms with E-state index in [-0.39, 0.29) is 30.3 Å². The molecule has 7 nitrogen and oxygen atoms in total. The Kier molecular flexibility index (Phi) is 7.43. The van der Waals surface area contributed by atoms with Crippen LogP contribution in [-0.4, -0.2) is 34.9 Å². The van der Waals surface area contributed by atoms with Crippen molar-refractivity contribution in [1.29, 1.82) is 0 Å². The molecular weight excluding hydrogens is 392 g/mol. The highest BCUT2D eigenvalue weighted by molar-refractivity contribution is 6.02. The highest BCUT2D eigenvalue weighted by Gasteiger charge is 2.12. The largest absolute Gasteiger partial charge is 0.492 e. The molecule has 1 N–H and O–H groups in total. The van der Waals surface area contributed by atoms with Gasteiger partial charge in [0.25, 0.3) is 11.5 Å². The number of nitrogens with zero attached hydrogens (tertiary/aromatic N) is 3. The molecule has 1 amide bonds. The normalized spacial score (nSPS) is 10.7. The van der Waals surface area contributed by atoms with Crippen molar-refractivity contribution in [1.82, 2.24) is 9.78 Å². The zero-order chi connectivity index (χ0) is 22.2. The topological polar surface area (TPSA) is 76.5 Å². The fraction of sp³-hybridized carbons (Fsp3) is 0.292. The number of rotatable bonds is 9. The molecular formula is C24H28N4O3. The van der Waals surface area contributed by atoms with Crippen LogP contribution in [0.3, 0.4) is 0 Å². The number of para-hydroxylation sites is 1. The number of anilines is 2. The second-order valence-corrected chi connectivity index (χ2v) is 7.32. The summed E-state index contributed by atoms with van der Waals surface area (Å²) >= 11 is 0. The van der Waals surface area contributed by atoms with E-state index in [0.717, 1.165) is 12.2 Å². The molecule has 0 atom stereocenters. The van der Waals surface area contributed by atoms with Gasteiger partial charge >= 0.3 is 0 Å². The van der Waals surface area contributed by atoms with Crippen LogP contribution in [0, 0.1) is 0 Å². The van der Waals surface area contributed by atoms with Gasteiger partial charge in [-0.05, 0) is 63.2 Å². The van der Waals surface area contributed by atoms with Gasteiger partial charge in [-0.1, -0.05) is 18.2 Å². The lowest BCUT2D eigenvalue weighted by atomic mass is 10.2. The predicted octanol–water partition coefficient (Wildman–Crippen LogP) is 3.81. The lowest BCUT2D eigenvalue weighted by Crippen LogP contribution is -2.30. The Labute approximate surface area is 182 Å². The summed E-state index contributed by atoms with van der Waals surface area (Å²) in [5.41, 5.74) is 1.65. The van der Waals surface area contributed by atoms with Crippen LogP contribution in [0.15, 0.2) is 71.5 Å². The molecule has 0 fully saturated rings. The number of nitrogens with one attached hydrogen (secondary N) is 1. The van der Waals surface area contributed by atoms with Gasteiger partial charge in [0.15, 0.2) is 0 Å². The molecule has 0 saturated heterocycles. The maximum Gasteiger partial charge on any atom is 0.276 e. The van der Waals surface area contributed by atoms with E-state index in [9.17, 15) is 9.59 Å². The standard InChI is InChI=1S/C24H28N4O3/c1-4-27(18(2)3)20-12-10-19(11-13-20)25-24(30)22-14-15-23(29)28(26-22)16-17-31-21-8-6-5-7-9-21/h5-15,18H,4,16-17H2,1-3H3,(H,25,30). The first-order valence-electron chi connectivity index (χ1n) is 10.4. The van der Waals surface area contributed by atoms with Crippen LogP contribution < -0.4 is 20.5 Å². The van der Waals surface area contributed by atoms with Crippen LogP contribution in [0.2, 0.25) is 0 Å². The summed E-state index contributed by atoms with van der Waals surface area (Å²) in [5, 5.41) is 7.02. The second-order valence-electron chi connectivity index (χ2n) is 7.32. The Balaban J connectivity index is 1.63. The average Bonchev–Trinajstić information content (AvgIpc) is 2.77. The molecule has 0 radical (unpaired) electrons. The summed E-state index contributed by atoms with van der Waals surface area (Å²) in [5.74, 6) is 0.341. The lowest BCUT2D eigenvalue weighted by Gasteiger charge is -2.27. The van der Waals surface area contributed by atoms with Crippen molar-refractivity contribution >= 4 is 17.3 Å². The number of hydrogen-bond acceptors (Lipinski definition) is 5. The van der Waals surface area contributed by atoms with Gasteiger partial charge in [-0.3, -0.25) is 9.59 Å². The van der Waals surface area contributed by atoms with Crippen LogP contribution in [0.5, 0.6) is 5.75 Å². The molecule has 162 valence electrons. The molecule has 31 heavy (non-hydrogen) atoms. The zero-order valence-electron chi connectivity index (χ0n) is 18.1. The molecule has 0 aliphatic carbocycles. The van der Waals surface area contributed by atoms with Crippen LogP contribution in [-0.2, 0) is 6.54 Å². The quantitative estimate of drug-likeness (QED) is 0.570. The van der Waals surface area contributed by atoms with Crippen molar-refractivity contribution in [3.05, 3.63) is 82.8 Å². The van der Waals surface area contributed by atoms with E-state index in [1.807, 2.05) is 54.6 Å². The minimum Gasteiger partial charge on any atom is -0.492 e. The van der Waals surface area contributed by atoms with Gasteiger partial charge in [-0.15, -0.1) is 0 Å². The lowest BCUT2D eigenvalue weighted by molar-refractivity contribution is 0.101. The van der Waals surface area contributed by atoms with Gasteiger partial charge in [0.2, 0.25) is 0 Å². The molecule has 0 unspecified atom stereocenters. The van der Waals surface area contributed by atoms with Gasteiger partial charge < -0.3 is 15.0 Å². The maximum atomic E-state index is 12.6. The second kappa shape index (κ2) is 10.4. The minimum atomic E-state index is -0.373. The molecule has 7 heteroatoms. The van der Waals surface area contributed by atoms with Crippen LogP contribution in [0.4, 0.5) is 11.4 Å². The Morgan fingerprint density at radius 1 is 1.06 bits per heavy atom. The molecule has 0 aliphatic rings. The molecule has 0 bridgehead atoms. The van der Waals surface area contributed by atoms with E-state index >= 15 is 0 Å². The van der Waals surface area contributed by atoms with Crippen LogP contribution in [0.1, 0.15) is 31.3 Å². The Morgan fingerprint density at radius 3 is 2.42 bits per heavy atom. The Bertz CT molecular complexity index is 1050. The fourth-order valence-corrected chi connectivity index (χ4v) is 3.27. The number of carbonyl (C=O) groups is 1. The molecule has 1 aromatic heterocycles. The SMILES string of the molecule is CCN(c1ccc(NC(=O)c2ccc(=O)n(CCOc3ccccc3)n2)cc1)C(C)C. The highest BCUT2D eigenvalue weighted by Crippen LogP contribution is 2.20. The first-order chi connectivity index (χ1) is 15.0.